The fraction of sp³-hybridized carbons (Fsp3) is 0.571. The number of hydrogen-bond donors (Lipinski definition) is 2. The molecule has 0 bridgehead atoms. The molecule has 86 valence electrons. The van der Waals surface area contributed by atoms with Crippen LogP contribution in [0.4, 0.5) is 0 Å². The van der Waals surface area contributed by atoms with E-state index in [0.29, 0.717) is 0 Å². The third-order valence-electron chi connectivity index (χ3n) is 3.96. The van der Waals surface area contributed by atoms with E-state index in [4.69, 9.17) is 0 Å². The summed E-state index contributed by atoms with van der Waals surface area (Å²) in [5.41, 5.74) is 3.02. The molecule has 2 heterocycles. The summed E-state index contributed by atoms with van der Waals surface area (Å²) < 4.78 is 0. The van der Waals surface area contributed by atoms with Gasteiger partial charge in [-0.2, -0.15) is 0 Å². The van der Waals surface area contributed by atoms with Gasteiger partial charge in [0.25, 0.3) is 0 Å². The zero-order chi connectivity index (χ0) is 10.8. The summed E-state index contributed by atoms with van der Waals surface area (Å²) in [5.74, 6) is 1.50. The van der Waals surface area contributed by atoms with Crippen LogP contribution in [0.25, 0.3) is 0 Å². The fourth-order valence-electron chi connectivity index (χ4n) is 2.70. The highest BCUT2D eigenvalue weighted by atomic mass is 14.9. The minimum absolute atomic E-state index is 0.738. The van der Waals surface area contributed by atoms with Gasteiger partial charge in [0.2, 0.25) is 0 Å². The molecule has 0 amide bonds. The molecular weight excluding hydrogens is 196 g/mol. The molecule has 2 nitrogen and oxygen atoms in total. The summed E-state index contributed by atoms with van der Waals surface area (Å²) >= 11 is 0. The molecule has 1 aromatic carbocycles. The highest BCUT2D eigenvalue weighted by Gasteiger charge is 2.19. The van der Waals surface area contributed by atoms with Gasteiger partial charge in [0.05, 0.1) is 0 Å². The van der Waals surface area contributed by atoms with Gasteiger partial charge in [-0.25, -0.2) is 0 Å². The molecule has 0 aliphatic carbocycles. The van der Waals surface area contributed by atoms with E-state index in [9.17, 15) is 0 Å². The van der Waals surface area contributed by atoms with Crippen molar-refractivity contribution in [3.8, 4) is 0 Å². The molecule has 2 aliphatic rings. The first-order chi connectivity index (χ1) is 7.93. The number of nitrogens with one attached hydrogen (secondary N) is 2. The summed E-state index contributed by atoms with van der Waals surface area (Å²) in [4.78, 5) is 0. The monoisotopic (exact) mass is 216 g/mol. The van der Waals surface area contributed by atoms with Crippen molar-refractivity contribution < 1.29 is 0 Å². The Balaban J connectivity index is 1.70. The largest absolute Gasteiger partial charge is 0.316 e. The van der Waals surface area contributed by atoms with Crippen LogP contribution < -0.4 is 10.6 Å². The lowest BCUT2D eigenvalue weighted by Gasteiger charge is -2.28. The van der Waals surface area contributed by atoms with Crippen molar-refractivity contribution in [1.82, 2.24) is 10.6 Å². The Kier molecular flexibility index (Phi) is 2.94. The van der Waals surface area contributed by atoms with Gasteiger partial charge in [0, 0.05) is 25.6 Å². The molecule has 3 rings (SSSR count). The Morgan fingerprint density at radius 1 is 0.812 bits per heavy atom. The summed E-state index contributed by atoms with van der Waals surface area (Å²) in [6.45, 7) is 4.67. The van der Waals surface area contributed by atoms with Gasteiger partial charge in [-0.1, -0.05) is 24.3 Å². The van der Waals surface area contributed by atoms with E-state index < -0.39 is 0 Å². The smallest absolute Gasteiger partial charge is 0.00885 e. The molecule has 2 N–H and O–H groups in total. The van der Waals surface area contributed by atoms with Crippen molar-refractivity contribution in [3.63, 3.8) is 0 Å². The van der Waals surface area contributed by atoms with E-state index in [2.05, 4.69) is 34.9 Å². The first kappa shape index (κ1) is 10.3. The zero-order valence-electron chi connectivity index (χ0n) is 9.71. The predicted octanol–water partition coefficient (Wildman–Crippen LogP) is 1.84. The third kappa shape index (κ3) is 2.00. The highest BCUT2D eigenvalue weighted by Crippen LogP contribution is 2.26. The summed E-state index contributed by atoms with van der Waals surface area (Å²) in [7, 11) is 0. The van der Waals surface area contributed by atoms with E-state index in [0.717, 1.165) is 31.5 Å². The first-order valence-electron chi connectivity index (χ1n) is 6.45. The SMILES string of the molecule is c1cc(C2CNC2)ccc1C1CCCNC1. The topological polar surface area (TPSA) is 24.1 Å². The maximum absolute atomic E-state index is 3.48. The Morgan fingerprint density at radius 2 is 1.44 bits per heavy atom. The second kappa shape index (κ2) is 4.56. The number of rotatable bonds is 2. The van der Waals surface area contributed by atoms with Crippen molar-refractivity contribution >= 4 is 0 Å². The van der Waals surface area contributed by atoms with E-state index in [-0.39, 0.29) is 0 Å². The van der Waals surface area contributed by atoms with Crippen molar-refractivity contribution in [2.24, 2.45) is 0 Å². The molecule has 2 fully saturated rings. The van der Waals surface area contributed by atoms with Crippen LogP contribution in [0.5, 0.6) is 0 Å². The molecular formula is C14H20N2. The van der Waals surface area contributed by atoms with Gasteiger partial charge in [0.15, 0.2) is 0 Å². The fourth-order valence-corrected chi connectivity index (χ4v) is 2.70. The lowest BCUT2D eigenvalue weighted by atomic mass is 9.88. The molecule has 0 saturated carbocycles. The summed E-state index contributed by atoms with van der Waals surface area (Å²) in [6, 6.07) is 9.33. The molecule has 1 unspecified atom stereocenters. The van der Waals surface area contributed by atoms with Crippen LogP contribution in [0, 0.1) is 0 Å². The van der Waals surface area contributed by atoms with Crippen molar-refractivity contribution in [2.45, 2.75) is 24.7 Å². The maximum Gasteiger partial charge on any atom is 0.00885 e. The minimum atomic E-state index is 0.738. The standard InChI is InChI=1S/C14H20N2/c1-2-13(8-15-7-1)11-3-5-12(6-4-11)14-9-16-10-14/h3-6,13-16H,1-2,7-10H2. The van der Waals surface area contributed by atoms with Gasteiger partial charge >= 0.3 is 0 Å². The first-order valence-corrected chi connectivity index (χ1v) is 6.45. The average molecular weight is 216 g/mol. The molecule has 1 atom stereocenters. The highest BCUT2D eigenvalue weighted by molar-refractivity contribution is 5.29. The van der Waals surface area contributed by atoms with Crippen LogP contribution in [0.3, 0.4) is 0 Å². The normalized spacial score (nSPS) is 26.4. The Morgan fingerprint density at radius 3 is 1.94 bits per heavy atom. The summed E-state index contributed by atoms with van der Waals surface area (Å²) in [6.07, 6.45) is 2.66. The number of benzene rings is 1. The van der Waals surface area contributed by atoms with E-state index >= 15 is 0 Å². The molecule has 16 heavy (non-hydrogen) atoms. The van der Waals surface area contributed by atoms with Crippen LogP contribution in [-0.2, 0) is 0 Å². The van der Waals surface area contributed by atoms with E-state index in [1.54, 1.807) is 0 Å². The Bertz CT molecular complexity index is 334. The minimum Gasteiger partial charge on any atom is -0.316 e. The molecule has 0 aromatic heterocycles. The lowest BCUT2D eigenvalue weighted by molar-refractivity contribution is 0.446. The van der Waals surface area contributed by atoms with Gasteiger partial charge in [0.1, 0.15) is 0 Å². The molecule has 2 saturated heterocycles. The second-order valence-corrected chi connectivity index (χ2v) is 5.07. The Labute approximate surface area is 97.4 Å². The van der Waals surface area contributed by atoms with Crippen LogP contribution in [0.1, 0.15) is 35.8 Å². The van der Waals surface area contributed by atoms with Gasteiger partial charge in [-0.3, -0.25) is 0 Å². The second-order valence-electron chi connectivity index (χ2n) is 5.07. The van der Waals surface area contributed by atoms with Crippen molar-refractivity contribution in [2.75, 3.05) is 26.2 Å². The van der Waals surface area contributed by atoms with Gasteiger partial charge in [-0.05, 0) is 36.4 Å². The summed E-state index contributed by atoms with van der Waals surface area (Å²) in [5, 5.41) is 6.81. The third-order valence-corrected chi connectivity index (χ3v) is 3.96. The molecule has 0 spiro atoms. The number of hydrogen-bond acceptors (Lipinski definition) is 2. The van der Waals surface area contributed by atoms with E-state index in [1.165, 1.54) is 30.5 Å². The number of piperidine rings is 1. The zero-order valence-corrected chi connectivity index (χ0v) is 9.71. The molecule has 1 aromatic rings. The van der Waals surface area contributed by atoms with Crippen LogP contribution in [0.2, 0.25) is 0 Å². The molecule has 0 radical (unpaired) electrons. The van der Waals surface area contributed by atoms with Crippen LogP contribution in [-0.4, -0.2) is 26.2 Å². The van der Waals surface area contributed by atoms with Gasteiger partial charge in [-0.15, -0.1) is 0 Å². The lowest BCUT2D eigenvalue weighted by Crippen LogP contribution is -2.39. The quantitative estimate of drug-likeness (QED) is 0.788. The maximum atomic E-state index is 3.48. The van der Waals surface area contributed by atoms with Crippen LogP contribution >= 0.6 is 0 Å². The van der Waals surface area contributed by atoms with E-state index in [1.807, 2.05) is 0 Å². The molecule has 2 heteroatoms. The van der Waals surface area contributed by atoms with Crippen LogP contribution in [0.15, 0.2) is 24.3 Å². The predicted molar refractivity (Wildman–Crippen MR) is 66.9 cm³/mol. The Hall–Kier alpha value is -0.860. The van der Waals surface area contributed by atoms with Crippen molar-refractivity contribution in [3.05, 3.63) is 35.4 Å². The van der Waals surface area contributed by atoms with Crippen molar-refractivity contribution in [1.29, 1.82) is 0 Å². The average Bonchev–Trinajstić information content (AvgIpc) is 2.29. The van der Waals surface area contributed by atoms with Gasteiger partial charge < -0.3 is 10.6 Å². The molecule has 2 aliphatic heterocycles.